The molecule has 0 bridgehead atoms. The maximum absolute atomic E-state index is 12.4. The maximum Gasteiger partial charge on any atom is 0.265 e. The average molecular weight is 337 g/mol. The van der Waals surface area contributed by atoms with Crippen molar-refractivity contribution in [2.24, 2.45) is 0 Å². The van der Waals surface area contributed by atoms with Gasteiger partial charge in [0.25, 0.3) is 5.91 Å². The van der Waals surface area contributed by atoms with E-state index in [-0.39, 0.29) is 12.5 Å². The van der Waals surface area contributed by atoms with Gasteiger partial charge in [-0.3, -0.25) is 4.79 Å². The number of hydrogen-bond acceptors (Lipinski definition) is 4. The first kappa shape index (κ1) is 16.0. The number of ether oxygens (including phenoxy) is 1. The molecule has 4 rings (SSSR count). The number of anilines is 2. The van der Waals surface area contributed by atoms with Crippen LogP contribution in [0.15, 0.2) is 42.5 Å². The van der Waals surface area contributed by atoms with Crippen molar-refractivity contribution in [2.45, 2.75) is 13.5 Å². The van der Waals surface area contributed by atoms with E-state index >= 15 is 0 Å². The zero-order valence-corrected chi connectivity index (χ0v) is 14.5. The topological polar surface area (TPSA) is 44.8 Å². The van der Waals surface area contributed by atoms with Crippen LogP contribution in [-0.4, -0.2) is 38.7 Å². The van der Waals surface area contributed by atoms with Crippen molar-refractivity contribution in [3.05, 3.63) is 53.6 Å². The molecule has 2 aromatic carbocycles. The van der Waals surface area contributed by atoms with E-state index in [1.54, 1.807) is 0 Å². The third kappa shape index (κ3) is 3.20. The third-order valence-corrected chi connectivity index (χ3v) is 4.96. The van der Waals surface area contributed by atoms with Crippen molar-refractivity contribution in [2.75, 3.05) is 42.6 Å². The van der Waals surface area contributed by atoms with E-state index in [1.165, 1.54) is 5.56 Å². The molecular weight excluding hydrogens is 314 g/mol. The molecule has 5 nitrogen and oxygen atoms in total. The highest BCUT2D eigenvalue weighted by atomic mass is 16.5. The highest BCUT2D eigenvalue weighted by Gasteiger charge is 2.27. The SMILES string of the molecule is Cc1ccccc1CN1C(=O)COc2cc(N3CCNCC3)ccc21. The quantitative estimate of drug-likeness (QED) is 0.934. The largest absolute Gasteiger partial charge is 0.481 e. The Balaban J connectivity index is 1.62. The molecule has 0 unspecified atom stereocenters. The summed E-state index contributed by atoms with van der Waals surface area (Å²) in [4.78, 5) is 16.6. The van der Waals surface area contributed by atoms with E-state index in [2.05, 4.69) is 41.4 Å². The molecule has 2 aliphatic heterocycles. The second kappa shape index (κ2) is 6.76. The minimum Gasteiger partial charge on any atom is -0.481 e. The molecule has 0 saturated carbocycles. The Labute approximate surface area is 148 Å². The van der Waals surface area contributed by atoms with Crippen LogP contribution >= 0.6 is 0 Å². The highest BCUT2D eigenvalue weighted by Crippen LogP contribution is 2.36. The Morgan fingerprint density at radius 3 is 2.72 bits per heavy atom. The molecule has 5 heteroatoms. The molecule has 2 aliphatic rings. The van der Waals surface area contributed by atoms with Gasteiger partial charge in [0, 0.05) is 37.9 Å². The Hall–Kier alpha value is -2.53. The van der Waals surface area contributed by atoms with Crippen molar-refractivity contribution >= 4 is 17.3 Å². The fourth-order valence-corrected chi connectivity index (χ4v) is 3.44. The van der Waals surface area contributed by atoms with Gasteiger partial charge in [0.05, 0.1) is 12.2 Å². The first-order valence-electron chi connectivity index (χ1n) is 8.80. The number of hydrogen-bond donors (Lipinski definition) is 1. The minimum atomic E-state index is 0.00526. The average Bonchev–Trinajstić information content (AvgIpc) is 2.66. The normalized spacial score (nSPS) is 17.2. The molecule has 0 aliphatic carbocycles. The minimum absolute atomic E-state index is 0.00526. The molecule has 1 saturated heterocycles. The van der Waals surface area contributed by atoms with Crippen LogP contribution in [0.1, 0.15) is 11.1 Å². The number of fused-ring (bicyclic) bond motifs is 1. The molecule has 1 N–H and O–H groups in total. The number of carbonyl (C=O) groups excluding carboxylic acids is 1. The molecule has 0 atom stereocenters. The highest BCUT2D eigenvalue weighted by molar-refractivity contribution is 5.98. The zero-order valence-electron chi connectivity index (χ0n) is 14.5. The van der Waals surface area contributed by atoms with Gasteiger partial charge in [0.15, 0.2) is 6.61 Å². The van der Waals surface area contributed by atoms with E-state index in [4.69, 9.17) is 4.74 Å². The zero-order chi connectivity index (χ0) is 17.2. The molecule has 1 fully saturated rings. The molecule has 0 spiro atoms. The summed E-state index contributed by atoms with van der Waals surface area (Å²) < 4.78 is 5.73. The summed E-state index contributed by atoms with van der Waals surface area (Å²) >= 11 is 0. The van der Waals surface area contributed by atoms with Crippen LogP contribution in [0.5, 0.6) is 5.75 Å². The second-order valence-corrected chi connectivity index (χ2v) is 6.58. The summed E-state index contributed by atoms with van der Waals surface area (Å²) in [6.45, 7) is 6.73. The lowest BCUT2D eigenvalue weighted by atomic mass is 10.1. The maximum atomic E-state index is 12.4. The fourth-order valence-electron chi connectivity index (χ4n) is 3.44. The third-order valence-electron chi connectivity index (χ3n) is 4.96. The van der Waals surface area contributed by atoms with Gasteiger partial charge in [-0.1, -0.05) is 24.3 Å². The predicted molar refractivity (Wildman–Crippen MR) is 99.4 cm³/mol. The fraction of sp³-hybridized carbons (Fsp3) is 0.350. The Morgan fingerprint density at radius 1 is 1.12 bits per heavy atom. The Morgan fingerprint density at radius 2 is 1.92 bits per heavy atom. The van der Waals surface area contributed by atoms with Crippen LogP contribution in [0.2, 0.25) is 0 Å². The monoisotopic (exact) mass is 337 g/mol. The van der Waals surface area contributed by atoms with Crippen LogP contribution in [0.3, 0.4) is 0 Å². The predicted octanol–water partition coefficient (Wildman–Crippen LogP) is 2.33. The van der Waals surface area contributed by atoms with E-state index < -0.39 is 0 Å². The molecular formula is C20H23N3O2. The standard InChI is InChI=1S/C20H23N3O2/c1-15-4-2-3-5-16(15)13-23-18-7-6-17(22-10-8-21-9-11-22)12-19(18)25-14-20(23)24/h2-7,12,21H,8-11,13-14H2,1H3. The molecule has 2 heterocycles. The lowest BCUT2D eigenvalue weighted by molar-refractivity contribution is -0.121. The lowest BCUT2D eigenvalue weighted by Gasteiger charge is -2.33. The van der Waals surface area contributed by atoms with Crippen molar-refractivity contribution in [1.29, 1.82) is 0 Å². The molecule has 1 amide bonds. The summed E-state index contributed by atoms with van der Waals surface area (Å²) in [5, 5.41) is 3.37. The summed E-state index contributed by atoms with van der Waals surface area (Å²) in [7, 11) is 0. The van der Waals surface area contributed by atoms with Gasteiger partial charge in [-0.05, 0) is 30.2 Å². The van der Waals surface area contributed by atoms with E-state index in [9.17, 15) is 4.79 Å². The van der Waals surface area contributed by atoms with Gasteiger partial charge in [-0.15, -0.1) is 0 Å². The van der Waals surface area contributed by atoms with Crippen LogP contribution in [0, 0.1) is 6.92 Å². The summed E-state index contributed by atoms with van der Waals surface area (Å²) in [5.74, 6) is 0.801. The van der Waals surface area contributed by atoms with Crippen molar-refractivity contribution in [1.82, 2.24) is 5.32 Å². The molecule has 0 radical (unpaired) electrons. The number of aryl methyl sites for hydroxylation is 1. The lowest BCUT2D eigenvalue weighted by Crippen LogP contribution is -2.43. The number of benzene rings is 2. The summed E-state index contributed by atoms with van der Waals surface area (Å²) in [6, 6.07) is 14.4. The smallest absolute Gasteiger partial charge is 0.265 e. The second-order valence-electron chi connectivity index (χ2n) is 6.58. The van der Waals surface area contributed by atoms with Crippen LogP contribution in [0.25, 0.3) is 0 Å². The number of piperazine rings is 1. The van der Waals surface area contributed by atoms with Gasteiger partial charge >= 0.3 is 0 Å². The number of rotatable bonds is 3. The number of nitrogens with zero attached hydrogens (tertiary/aromatic N) is 2. The number of amides is 1. The van der Waals surface area contributed by atoms with Crippen molar-refractivity contribution in [3.63, 3.8) is 0 Å². The van der Waals surface area contributed by atoms with Gasteiger partial charge < -0.3 is 19.9 Å². The van der Waals surface area contributed by atoms with Crippen molar-refractivity contribution in [3.8, 4) is 5.75 Å². The van der Waals surface area contributed by atoms with E-state index in [0.717, 1.165) is 48.9 Å². The first-order valence-corrected chi connectivity index (χ1v) is 8.80. The molecule has 2 aromatic rings. The molecule has 0 aromatic heterocycles. The van der Waals surface area contributed by atoms with Crippen LogP contribution in [0.4, 0.5) is 11.4 Å². The summed E-state index contributed by atoms with van der Waals surface area (Å²) in [5.41, 5.74) is 4.37. The first-order chi connectivity index (χ1) is 12.2. The van der Waals surface area contributed by atoms with Gasteiger partial charge in [0.1, 0.15) is 5.75 Å². The number of nitrogens with one attached hydrogen (secondary N) is 1. The van der Waals surface area contributed by atoms with Crippen LogP contribution < -0.4 is 19.9 Å². The Kier molecular flexibility index (Phi) is 4.32. The summed E-state index contributed by atoms with van der Waals surface area (Å²) in [6.07, 6.45) is 0. The van der Waals surface area contributed by atoms with Crippen LogP contribution in [-0.2, 0) is 11.3 Å². The molecule has 130 valence electrons. The van der Waals surface area contributed by atoms with Gasteiger partial charge in [-0.25, -0.2) is 0 Å². The van der Waals surface area contributed by atoms with E-state index in [0.29, 0.717) is 6.54 Å². The number of carbonyl (C=O) groups is 1. The Bertz CT molecular complexity index is 784. The van der Waals surface area contributed by atoms with Gasteiger partial charge in [-0.2, -0.15) is 0 Å². The van der Waals surface area contributed by atoms with Crippen molar-refractivity contribution < 1.29 is 9.53 Å². The van der Waals surface area contributed by atoms with Gasteiger partial charge in [0.2, 0.25) is 0 Å². The van der Waals surface area contributed by atoms with E-state index in [1.807, 2.05) is 23.1 Å². The molecule has 25 heavy (non-hydrogen) atoms.